The smallest absolute Gasteiger partial charge is 0.408 e. The van der Waals surface area contributed by atoms with Crippen LogP contribution < -0.4 is 10.6 Å². The Morgan fingerprint density at radius 2 is 1.60 bits per heavy atom. The second-order valence-electron chi connectivity index (χ2n) is 7.06. The Hall–Kier alpha value is -2.82. The van der Waals surface area contributed by atoms with E-state index < -0.39 is 17.7 Å². The van der Waals surface area contributed by atoms with Crippen LogP contribution in [0.2, 0.25) is 0 Å². The topological polar surface area (TPSA) is 67.4 Å². The summed E-state index contributed by atoms with van der Waals surface area (Å²) in [7, 11) is 0. The monoisotopic (exact) mass is 338 g/mol. The van der Waals surface area contributed by atoms with E-state index in [1.54, 1.807) is 20.8 Å². The molecule has 2 atom stereocenters. The van der Waals surface area contributed by atoms with Crippen molar-refractivity contribution < 1.29 is 14.3 Å². The number of carbonyl (C=O) groups excluding carboxylic acids is 2. The third kappa shape index (κ3) is 3.82. The van der Waals surface area contributed by atoms with Gasteiger partial charge in [0, 0.05) is 0 Å². The van der Waals surface area contributed by atoms with Gasteiger partial charge in [-0.05, 0) is 37.5 Å². The lowest BCUT2D eigenvalue weighted by molar-refractivity contribution is -0.124. The number of fused-ring (bicyclic) bond motifs is 1. The first kappa shape index (κ1) is 17.0. The molecule has 0 aromatic heterocycles. The molecule has 3 rings (SSSR count). The fourth-order valence-electron chi connectivity index (χ4n) is 2.96. The zero-order valence-corrected chi connectivity index (χ0v) is 14.6. The highest BCUT2D eigenvalue weighted by atomic mass is 16.6. The lowest BCUT2D eigenvalue weighted by Gasteiger charge is -2.33. The number of amides is 2. The Kier molecular flexibility index (Phi) is 4.49. The van der Waals surface area contributed by atoms with Crippen molar-refractivity contribution in [3.8, 4) is 0 Å². The summed E-state index contributed by atoms with van der Waals surface area (Å²) in [6.45, 7) is 5.35. The largest absolute Gasteiger partial charge is 0.444 e. The number of carbonyl (C=O) groups is 2. The number of rotatable bonds is 2. The number of alkyl carbamates (subject to hydrolysis) is 1. The van der Waals surface area contributed by atoms with Gasteiger partial charge < -0.3 is 15.4 Å². The normalized spacial score (nSPS) is 19.6. The summed E-state index contributed by atoms with van der Waals surface area (Å²) in [5.41, 5.74) is 2.13. The van der Waals surface area contributed by atoms with E-state index >= 15 is 0 Å². The summed E-state index contributed by atoms with van der Waals surface area (Å²) in [4.78, 5) is 24.8. The molecular formula is C20H22N2O3. The van der Waals surface area contributed by atoms with Crippen LogP contribution in [-0.4, -0.2) is 17.6 Å². The molecule has 0 saturated carbocycles. The van der Waals surface area contributed by atoms with Gasteiger partial charge in [0.15, 0.2) is 0 Å². The van der Waals surface area contributed by atoms with Gasteiger partial charge in [0.05, 0.1) is 6.04 Å². The molecule has 0 saturated heterocycles. The van der Waals surface area contributed by atoms with Crippen molar-refractivity contribution in [3.63, 3.8) is 0 Å². The molecule has 1 aliphatic rings. The Morgan fingerprint density at radius 3 is 2.24 bits per heavy atom. The molecule has 0 spiro atoms. The van der Waals surface area contributed by atoms with E-state index in [1.165, 1.54) is 0 Å². The summed E-state index contributed by atoms with van der Waals surface area (Å²) in [5, 5.41) is 5.68. The van der Waals surface area contributed by atoms with E-state index in [0.717, 1.165) is 16.7 Å². The first-order valence-electron chi connectivity index (χ1n) is 8.29. The van der Waals surface area contributed by atoms with Crippen LogP contribution in [0.25, 0.3) is 0 Å². The maximum absolute atomic E-state index is 12.7. The zero-order valence-electron chi connectivity index (χ0n) is 14.6. The van der Waals surface area contributed by atoms with Crippen molar-refractivity contribution in [1.29, 1.82) is 0 Å². The van der Waals surface area contributed by atoms with Gasteiger partial charge in [-0.15, -0.1) is 0 Å². The average Bonchev–Trinajstić information content (AvgIpc) is 2.56. The summed E-state index contributed by atoms with van der Waals surface area (Å²) >= 11 is 0. The first-order valence-corrected chi connectivity index (χ1v) is 8.29. The molecule has 2 amide bonds. The minimum Gasteiger partial charge on any atom is -0.444 e. The minimum absolute atomic E-state index is 0.235. The number of nitrogens with one attached hydrogen (secondary N) is 2. The lowest BCUT2D eigenvalue weighted by Crippen LogP contribution is -2.47. The average molecular weight is 338 g/mol. The molecule has 2 aromatic carbocycles. The van der Waals surface area contributed by atoms with Crippen molar-refractivity contribution >= 4 is 12.0 Å². The second kappa shape index (κ2) is 6.59. The van der Waals surface area contributed by atoms with Gasteiger partial charge in [-0.3, -0.25) is 4.79 Å². The highest BCUT2D eigenvalue weighted by molar-refractivity contribution is 5.89. The predicted molar refractivity (Wildman–Crippen MR) is 95.0 cm³/mol. The standard InChI is InChI=1S/C20H22N2O3/c1-20(2,3)25-19(24)22-17-15-12-8-7-11-14(15)16(21-18(17)23)13-9-5-4-6-10-13/h4-12,16-17H,1-3H3,(H,21,23)(H,22,24). The number of hydrogen-bond donors (Lipinski definition) is 2. The molecule has 0 aliphatic carbocycles. The summed E-state index contributed by atoms with van der Waals surface area (Å²) in [6.07, 6.45) is -0.611. The minimum atomic E-state index is -0.772. The van der Waals surface area contributed by atoms with Crippen LogP contribution in [0.3, 0.4) is 0 Å². The molecule has 1 heterocycles. The molecule has 2 unspecified atom stereocenters. The molecule has 0 fully saturated rings. The van der Waals surface area contributed by atoms with Crippen LogP contribution in [0, 0.1) is 0 Å². The highest BCUT2D eigenvalue weighted by Gasteiger charge is 2.35. The van der Waals surface area contributed by atoms with Crippen molar-refractivity contribution in [2.45, 2.75) is 38.5 Å². The zero-order chi connectivity index (χ0) is 18.0. The Bertz CT molecular complexity index is 781. The highest BCUT2D eigenvalue weighted by Crippen LogP contribution is 2.33. The summed E-state index contributed by atoms with van der Waals surface area (Å²) < 4.78 is 5.29. The van der Waals surface area contributed by atoms with Gasteiger partial charge in [0.25, 0.3) is 0 Å². The van der Waals surface area contributed by atoms with Crippen LogP contribution in [0.15, 0.2) is 54.6 Å². The fraction of sp³-hybridized carbons (Fsp3) is 0.300. The molecule has 0 radical (unpaired) electrons. The Balaban J connectivity index is 1.91. The van der Waals surface area contributed by atoms with Crippen LogP contribution in [0.1, 0.15) is 49.5 Å². The van der Waals surface area contributed by atoms with E-state index in [4.69, 9.17) is 4.74 Å². The molecule has 25 heavy (non-hydrogen) atoms. The maximum atomic E-state index is 12.7. The van der Waals surface area contributed by atoms with E-state index in [0.29, 0.717) is 0 Å². The van der Waals surface area contributed by atoms with Gasteiger partial charge >= 0.3 is 6.09 Å². The summed E-state index contributed by atoms with van der Waals surface area (Å²) in [6, 6.07) is 16.4. The van der Waals surface area contributed by atoms with Gasteiger partial charge in [-0.1, -0.05) is 54.6 Å². The molecule has 5 nitrogen and oxygen atoms in total. The molecule has 130 valence electrons. The van der Waals surface area contributed by atoms with Gasteiger partial charge in [0.2, 0.25) is 5.91 Å². The lowest BCUT2D eigenvalue weighted by atomic mass is 9.87. The van der Waals surface area contributed by atoms with Crippen LogP contribution >= 0.6 is 0 Å². The second-order valence-corrected chi connectivity index (χ2v) is 7.06. The Labute approximate surface area is 147 Å². The quantitative estimate of drug-likeness (QED) is 0.881. The van der Waals surface area contributed by atoms with E-state index in [9.17, 15) is 9.59 Å². The Morgan fingerprint density at radius 1 is 1.00 bits per heavy atom. The maximum Gasteiger partial charge on any atom is 0.408 e. The third-order valence-corrected chi connectivity index (χ3v) is 3.96. The summed E-state index contributed by atoms with van der Waals surface area (Å²) in [5.74, 6) is -0.251. The van der Waals surface area contributed by atoms with Crippen molar-refractivity contribution in [2.75, 3.05) is 0 Å². The molecule has 2 aromatic rings. The number of hydrogen-bond acceptors (Lipinski definition) is 3. The fourth-order valence-corrected chi connectivity index (χ4v) is 2.96. The van der Waals surface area contributed by atoms with Gasteiger partial charge in [-0.2, -0.15) is 0 Å². The van der Waals surface area contributed by atoms with E-state index in [-0.39, 0.29) is 11.9 Å². The third-order valence-electron chi connectivity index (χ3n) is 3.96. The van der Waals surface area contributed by atoms with Gasteiger partial charge in [-0.25, -0.2) is 4.79 Å². The molecule has 5 heteroatoms. The molecule has 0 bridgehead atoms. The van der Waals surface area contributed by atoms with Crippen molar-refractivity contribution in [3.05, 3.63) is 71.3 Å². The van der Waals surface area contributed by atoms with Crippen molar-refractivity contribution in [1.82, 2.24) is 10.6 Å². The molecule has 1 aliphatic heterocycles. The van der Waals surface area contributed by atoms with Crippen molar-refractivity contribution in [2.24, 2.45) is 0 Å². The number of ether oxygens (including phenoxy) is 1. The van der Waals surface area contributed by atoms with Crippen LogP contribution in [0.5, 0.6) is 0 Å². The molecular weight excluding hydrogens is 316 g/mol. The number of benzene rings is 2. The van der Waals surface area contributed by atoms with Gasteiger partial charge in [0.1, 0.15) is 11.6 Å². The van der Waals surface area contributed by atoms with E-state index in [2.05, 4.69) is 10.6 Å². The molecule has 2 N–H and O–H groups in total. The predicted octanol–water partition coefficient (Wildman–Crippen LogP) is 3.47. The van der Waals surface area contributed by atoms with Crippen LogP contribution in [-0.2, 0) is 9.53 Å². The first-order chi connectivity index (χ1) is 11.8. The SMILES string of the molecule is CC(C)(C)OC(=O)NC1C(=O)NC(c2ccccc2)c2ccccc21. The van der Waals surface area contributed by atoms with Crippen LogP contribution in [0.4, 0.5) is 4.79 Å². The van der Waals surface area contributed by atoms with E-state index in [1.807, 2.05) is 54.6 Å².